The number of Topliss-reactive ketones (excluding diaryl/α,β-unsaturated/α-hetero) is 1. The van der Waals surface area contributed by atoms with Crippen molar-refractivity contribution in [1.82, 2.24) is 25.2 Å². The molecule has 7 heteroatoms. The lowest BCUT2D eigenvalue weighted by atomic mass is 10.3. The summed E-state index contributed by atoms with van der Waals surface area (Å²) in [5.74, 6) is -0.0549. The van der Waals surface area contributed by atoms with Crippen LogP contribution in [0.25, 0.3) is 5.69 Å². The van der Waals surface area contributed by atoms with Gasteiger partial charge in [-0.25, -0.2) is 0 Å². The van der Waals surface area contributed by atoms with Gasteiger partial charge >= 0.3 is 0 Å². The van der Waals surface area contributed by atoms with Crippen molar-refractivity contribution in [1.29, 1.82) is 0 Å². The van der Waals surface area contributed by atoms with Crippen LogP contribution in [0.15, 0.2) is 58.7 Å². The van der Waals surface area contributed by atoms with Crippen molar-refractivity contribution in [3.05, 3.63) is 54.4 Å². The molecule has 0 aliphatic heterocycles. The van der Waals surface area contributed by atoms with Gasteiger partial charge in [0.15, 0.2) is 5.78 Å². The molecule has 0 N–H and O–H groups in total. The van der Waals surface area contributed by atoms with Gasteiger partial charge in [0.05, 0.1) is 5.69 Å². The van der Waals surface area contributed by atoms with E-state index in [0.29, 0.717) is 10.9 Å². The maximum absolute atomic E-state index is 11.2. The minimum Gasteiger partial charge on any atom is -0.293 e. The molecule has 0 saturated heterocycles. The van der Waals surface area contributed by atoms with Gasteiger partial charge in [0.2, 0.25) is 5.16 Å². The van der Waals surface area contributed by atoms with Crippen LogP contribution in [0.5, 0.6) is 0 Å². The van der Waals surface area contributed by atoms with Crippen LogP contribution in [0.1, 0.15) is 17.4 Å². The van der Waals surface area contributed by atoms with Crippen LogP contribution < -0.4 is 0 Å². The molecular formula is C14H11N5OS. The summed E-state index contributed by atoms with van der Waals surface area (Å²) in [6.45, 7) is 1.49. The Bertz CT molecular complexity index is 755. The Morgan fingerprint density at radius 3 is 2.62 bits per heavy atom. The minimum atomic E-state index is -0.0549. The number of benzene rings is 1. The van der Waals surface area contributed by atoms with Crippen LogP contribution in [-0.2, 0) is 0 Å². The zero-order valence-electron chi connectivity index (χ0n) is 11.2. The zero-order chi connectivity index (χ0) is 14.7. The molecule has 0 bridgehead atoms. The van der Waals surface area contributed by atoms with E-state index in [0.717, 1.165) is 10.6 Å². The number of para-hydroxylation sites is 1. The number of ketones is 1. The predicted octanol–water partition coefficient (Wildman–Crippen LogP) is 2.41. The van der Waals surface area contributed by atoms with Crippen molar-refractivity contribution >= 4 is 17.5 Å². The van der Waals surface area contributed by atoms with Crippen LogP contribution in [0.3, 0.4) is 0 Å². The second kappa shape index (κ2) is 5.84. The van der Waals surface area contributed by atoms with Gasteiger partial charge < -0.3 is 0 Å². The fourth-order valence-electron chi connectivity index (χ4n) is 1.73. The summed E-state index contributed by atoms with van der Waals surface area (Å²) in [7, 11) is 0. The molecule has 0 saturated carbocycles. The number of tetrazole rings is 1. The molecule has 0 spiro atoms. The van der Waals surface area contributed by atoms with Crippen molar-refractivity contribution in [2.75, 3.05) is 0 Å². The quantitative estimate of drug-likeness (QED) is 0.688. The average molecular weight is 297 g/mol. The lowest BCUT2D eigenvalue weighted by molar-refractivity contribution is 0.101. The van der Waals surface area contributed by atoms with Gasteiger partial charge in [0.1, 0.15) is 5.69 Å². The van der Waals surface area contributed by atoms with Gasteiger partial charge in [0.25, 0.3) is 0 Å². The van der Waals surface area contributed by atoms with Crippen molar-refractivity contribution in [2.24, 2.45) is 0 Å². The average Bonchev–Trinajstić information content (AvgIpc) is 2.97. The normalized spacial score (nSPS) is 10.5. The third-order valence-electron chi connectivity index (χ3n) is 2.75. The first-order valence-corrected chi connectivity index (χ1v) is 7.04. The number of pyridine rings is 1. The highest BCUT2D eigenvalue weighted by molar-refractivity contribution is 7.99. The number of hydrogen-bond donors (Lipinski definition) is 0. The Morgan fingerprint density at radius 2 is 1.95 bits per heavy atom. The smallest absolute Gasteiger partial charge is 0.218 e. The fraction of sp³-hybridized carbons (Fsp3) is 0.0714. The van der Waals surface area contributed by atoms with E-state index in [1.165, 1.54) is 18.7 Å². The van der Waals surface area contributed by atoms with Crippen LogP contribution >= 0.6 is 11.8 Å². The maximum atomic E-state index is 11.2. The van der Waals surface area contributed by atoms with Crippen LogP contribution in [-0.4, -0.2) is 31.0 Å². The lowest BCUT2D eigenvalue weighted by Gasteiger charge is -2.04. The lowest BCUT2D eigenvalue weighted by Crippen LogP contribution is -1.99. The van der Waals surface area contributed by atoms with Gasteiger partial charge in [-0.2, -0.15) is 4.68 Å². The molecule has 21 heavy (non-hydrogen) atoms. The molecule has 2 heterocycles. The molecule has 0 aliphatic rings. The molecule has 0 aliphatic carbocycles. The van der Waals surface area contributed by atoms with Gasteiger partial charge in [-0.1, -0.05) is 18.2 Å². The van der Waals surface area contributed by atoms with Gasteiger partial charge in [-0.05, 0) is 46.5 Å². The molecule has 3 rings (SSSR count). The summed E-state index contributed by atoms with van der Waals surface area (Å²) < 4.78 is 1.66. The van der Waals surface area contributed by atoms with Crippen LogP contribution in [0.4, 0.5) is 0 Å². The van der Waals surface area contributed by atoms with E-state index in [4.69, 9.17) is 0 Å². The Balaban J connectivity index is 1.86. The van der Waals surface area contributed by atoms with E-state index in [9.17, 15) is 4.79 Å². The summed E-state index contributed by atoms with van der Waals surface area (Å²) in [4.78, 5) is 16.2. The Kier molecular flexibility index (Phi) is 3.74. The monoisotopic (exact) mass is 297 g/mol. The van der Waals surface area contributed by atoms with Crippen molar-refractivity contribution in [3.63, 3.8) is 0 Å². The van der Waals surface area contributed by atoms with Crippen LogP contribution in [0, 0.1) is 0 Å². The first-order valence-electron chi connectivity index (χ1n) is 6.23. The summed E-state index contributed by atoms with van der Waals surface area (Å²) in [6.07, 6.45) is 1.64. The molecule has 0 amide bonds. The van der Waals surface area contributed by atoms with Crippen molar-refractivity contribution < 1.29 is 4.79 Å². The van der Waals surface area contributed by atoms with E-state index >= 15 is 0 Å². The highest BCUT2D eigenvalue weighted by Crippen LogP contribution is 2.26. The van der Waals surface area contributed by atoms with E-state index in [1.54, 1.807) is 16.9 Å². The topological polar surface area (TPSA) is 73.6 Å². The van der Waals surface area contributed by atoms with Crippen molar-refractivity contribution in [2.45, 2.75) is 17.0 Å². The molecule has 3 aromatic rings. The first kappa shape index (κ1) is 13.4. The molecule has 0 fully saturated rings. The maximum Gasteiger partial charge on any atom is 0.218 e. The third kappa shape index (κ3) is 2.97. The molecule has 104 valence electrons. The molecule has 2 aromatic heterocycles. The highest BCUT2D eigenvalue weighted by Gasteiger charge is 2.10. The Hall–Kier alpha value is -2.54. The first-order chi connectivity index (χ1) is 10.2. The molecule has 6 nitrogen and oxygen atoms in total. The van der Waals surface area contributed by atoms with E-state index in [-0.39, 0.29) is 5.78 Å². The zero-order valence-corrected chi connectivity index (χ0v) is 12.0. The number of nitrogens with zero attached hydrogens (tertiary/aromatic N) is 5. The second-order valence-electron chi connectivity index (χ2n) is 4.25. The summed E-state index contributed by atoms with van der Waals surface area (Å²) in [5, 5.41) is 12.3. The van der Waals surface area contributed by atoms with Gasteiger partial charge in [-0.3, -0.25) is 9.78 Å². The Labute approximate surface area is 125 Å². The van der Waals surface area contributed by atoms with Crippen LogP contribution in [0.2, 0.25) is 0 Å². The summed E-state index contributed by atoms with van der Waals surface area (Å²) in [5.41, 5.74) is 1.33. The largest absolute Gasteiger partial charge is 0.293 e. The summed E-state index contributed by atoms with van der Waals surface area (Å²) in [6, 6.07) is 13.2. The third-order valence-corrected chi connectivity index (χ3v) is 3.66. The minimum absolute atomic E-state index is 0.0549. The fourth-order valence-corrected chi connectivity index (χ4v) is 2.49. The molecule has 0 radical (unpaired) electrons. The molecule has 0 unspecified atom stereocenters. The molecule has 0 atom stereocenters. The number of aromatic nitrogens is 5. The number of carbonyl (C=O) groups is 1. The van der Waals surface area contributed by atoms with E-state index < -0.39 is 0 Å². The SMILES string of the molecule is CC(=O)c1ccc(Sc2nnnn2-c2ccccc2)cn1. The number of hydrogen-bond acceptors (Lipinski definition) is 6. The second-order valence-corrected chi connectivity index (χ2v) is 5.29. The summed E-state index contributed by atoms with van der Waals surface area (Å²) >= 11 is 1.39. The van der Waals surface area contributed by atoms with Gasteiger partial charge in [-0.15, -0.1) is 5.10 Å². The predicted molar refractivity (Wildman–Crippen MR) is 77.5 cm³/mol. The van der Waals surface area contributed by atoms with Crippen molar-refractivity contribution in [3.8, 4) is 5.69 Å². The number of rotatable bonds is 4. The molecule has 1 aromatic carbocycles. The highest BCUT2D eigenvalue weighted by atomic mass is 32.2. The van der Waals surface area contributed by atoms with E-state index in [1.807, 2.05) is 36.4 Å². The Morgan fingerprint density at radius 1 is 1.14 bits per heavy atom. The molecular weight excluding hydrogens is 286 g/mol. The van der Waals surface area contributed by atoms with E-state index in [2.05, 4.69) is 20.5 Å². The number of carbonyl (C=O) groups excluding carboxylic acids is 1. The standard InChI is InChI=1S/C14H11N5OS/c1-10(20)13-8-7-12(9-15-13)21-14-16-17-18-19(14)11-5-3-2-4-6-11/h2-9H,1H3. The van der Waals surface area contributed by atoms with Gasteiger partial charge in [0, 0.05) is 18.0 Å².